The number of aryl methyl sites for hydroxylation is 1. The van der Waals surface area contributed by atoms with Crippen molar-refractivity contribution in [2.24, 2.45) is 0 Å². The first-order valence-corrected chi connectivity index (χ1v) is 14.4. The van der Waals surface area contributed by atoms with E-state index in [4.69, 9.17) is 19.7 Å². The number of nitrogens with one attached hydrogen (secondary N) is 1. The van der Waals surface area contributed by atoms with Gasteiger partial charge >= 0.3 is 0 Å². The summed E-state index contributed by atoms with van der Waals surface area (Å²) in [5.41, 5.74) is 4.15. The molecule has 0 unspecified atom stereocenters. The molecule has 6 heterocycles. The minimum Gasteiger partial charge on any atom is -0.395 e. The van der Waals surface area contributed by atoms with E-state index in [1.807, 2.05) is 25.3 Å². The van der Waals surface area contributed by atoms with E-state index in [0.29, 0.717) is 17.9 Å². The summed E-state index contributed by atoms with van der Waals surface area (Å²) in [5, 5.41) is 13.7. The number of aromatic nitrogens is 4. The molecule has 10 nitrogen and oxygen atoms in total. The molecule has 3 fully saturated rings. The predicted molar refractivity (Wildman–Crippen MR) is 154 cm³/mol. The normalized spacial score (nSPS) is 21.3. The van der Waals surface area contributed by atoms with Gasteiger partial charge < -0.3 is 25.0 Å². The quantitative estimate of drug-likeness (QED) is 0.360. The van der Waals surface area contributed by atoms with Crippen molar-refractivity contribution in [1.29, 1.82) is 0 Å². The van der Waals surface area contributed by atoms with Gasteiger partial charge in [-0.25, -0.2) is 15.0 Å². The van der Waals surface area contributed by atoms with Gasteiger partial charge in [-0.3, -0.25) is 4.90 Å². The molecule has 0 radical (unpaired) electrons. The van der Waals surface area contributed by atoms with Crippen molar-refractivity contribution in [3.8, 4) is 10.6 Å². The average molecular weight is 545 g/mol. The summed E-state index contributed by atoms with van der Waals surface area (Å²) in [6.45, 7) is 8.14. The summed E-state index contributed by atoms with van der Waals surface area (Å²) in [6.07, 6.45) is 2.98. The van der Waals surface area contributed by atoms with Gasteiger partial charge in [0, 0.05) is 80.1 Å². The number of aliphatic hydroxyl groups is 1. The largest absolute Gasteiger partial charge is 0.395 e. The number of nitrogens with zero attached hydrogens (tertiary/aromatic N) is 7. The number of piperazine rings is 1. The fourth-order valence-corrected chi connectivity index (χ4v) is 6.87. The first kappa shape index (κ1) is 24.6. The molecule has 3 aliphatic rings. The SMILES string of the molecule is Cc1cc(Nc2cc3nc(-c4cccc(N5CCOCC5)c4)sc3cn2)nc(N2C[C@@H]3C[C@H]2CN3CCO)n1. The van der Waals surface area contributed by atoms with Gasteiger partial charge in [0.25, 0.3) is 0 Å². The number of hydrogen-bond acceptors (Lipinski definition) is 11. The minimum atomic E-state index is 0.205. The number of benzene rings is 1. The molecule has 2 atom stereocenters. The van der Waals surface area contributed by atoms with E-state index in [1.54, 1.807) is 11.3 Å². The Morgan fingerprint density at radius 2 is 1.95 bits per heavy atom. The molecule has 1 aromatic carbocycles. The van der Waals surface area contributed by atoms with Crippen molar-refractivity contribution >= 4 is 44.8 Å². The summed E-state index contributed by atoms with van der Waals surface area (Å²) < 4.78 is 6.56. The van der Waals surface area contributed by atoms with Crippen molar-refractivity contribution in [3.63, 3.8) is 0 Å². The lowest BCUT2D eigenvalue weighted by atomic mass is 10.2. The Hall–Kier alpha value is -3.38. The van der Waals surface area contributed by atoms with Crippen molar-refractivity contribution in [1.82, 2.24) is 24.8 Å². The van der Waals surface area contributed by atoms with Gasteiger partial charge in [-0.15, -0.1) is 11.3 Å². The van der Waals surface area contributed by atoms with E-state index in [2.05, 4.69) is 49.3 Å². The van der Waals surface area contributed by atoms with Crippen LogP contribution in [0.25, 0.3) is 20.8 Å². The number of aliphatic hydroxyl groups excluding tert-OH is 1. The molecule has 39 heavy (non-hydrogen) atoms. The van der Waals surface area contributed by atoms with Crippen LogP contribution in [0.5, 0.6) is 0 Å². The summed E-state index contributed by atoms with van der Waals surface area (Å²) in [5.74, 6) is 2.20. The van der Waals surface area contributed by atoms with E-state index in [1.165, 1.54) is 5.69 Å². The van der Waals surface area contributed by atoms with E-state index < -0.39 is 0 Å². The molecule has 3 aliphatic heterocycles. The molecule has 202 valence electrons. The van der Waals surface area contributed by atoms with Gasteiger partial charge in [0.15, 0.2) is 0 Å². The van der Waals surface area contributed by atoms with Crippen LogP contribution in [-0.2, 0) is 4.74 Å². The zero-order valence-electron chi connectivity index (χ0n) is 22.0. The zero-order chi connectivity index (χ0) is 26.3. The monoisotopic (exact) mass is 544 g/mol. The lowest BCUT2D eigenvalue weighted by molar-refractivity contribution is 0.122. The maximum Gasteiger partial charge on any atom is 0.227 e. The molecule has 3 saturated heterocycles. The Labute approximate surface area is 231 Å². The third-order valence-electron chi connectivity index (χ3n) is 7.84. The van der Waals surface area contributed by atoms with Crippen LogP contribution in [0.3, 0.4) is 0 Å². The average Bonchev–Trinajstić information content (AvgIpc) is 3.68. The Balaban J connectivity index is 1.10. The van der Waals surface area contributed by atoms with E-state index in [-0.39, 0.29) is 6.61 Å². The van der Waals surface area contributed by atoms with Crippen molar-refractivity contribution in [2.75, 3.05) is 67.7 Å². The van der Waals surface area contributed by atoms with Crippen molar-refractivity contribution in [2.45, 2.75) is 25.4 Å². The molecule has 2 bridgehead atoms. The van der Waals surface area contributed by atoms with Crippen LogP contribution in [0.2, 0.25) is 0 Å². The number of morpholine rings is 1. The topological polar surface area (TPSA) is 103 Å². The van der Waals surface area contributed by atoms with Crippen LogP contribution in [-0.4, -0.2) is 94.6 Å². The Bertz CT molecular complexity index is 1490. The maximum atomic E-state index is 9.33. The number of β-amino-alcohol motifs (C(OH)–C–C–N with tert-alkyl or cyclic N) is 1. The second-order valence-corrected chi connectivity index (χ2v) is 11.5. The summed E-state index contributed by atoms with van der Waals surface area (Å²) in [4.78, 5) is 26.2. The summed E-state index contributed by atoms with van der Waals surface area (Å²) >= 11 is 1.66. The van der Waals surface area contributed by atoms with E-state index in [0.717, 1.165) is 90.6 Å². The third kappa shape index (κ3) is 4.91. The molecule has 4 aromatic rings. The van der Waals surface area contributed by atoms with E-state index >= 15 is 0 Å². The Morgan fingerprint density at radius 1 is 1.05 bits per heavy atom. The number of fused-ring (bicyclic) bond motifs is 3. The van der Waals surface area contributed by atoms with Gasteiger partial charge in [-0.1, -0.05) is 12.1 Å². The van der Waals surface area contributed by atoms with E-state index in [9.17, 15) is 5.11 Å². The molecule has 7 rings (SSSR count). The van der Waals surface area contributed by atoms with Gasteiger partial charge in [0.05, 0.1) is 30.0 Å². The first-order chi connectivity index (χ1) is 19.1. The number of rotatable bonds is 7. The van der Waals surface area contributed by atoms with Gasteiger partial charge in [-0.2, -0.15) is 4.98 Å². The highest BCUT2D eigenvalue weighted by Crippen LogP contribution is 2.35. The number of anilines is 4. The molecule has 0 aliphatic carbocycles. The second kappa shape index (κ2) is 10.3. The molecule has 3 aromatic heterocycles. The van der Waals surface area contributed by atoms with Crippen LogP contribution in [0.1, 0.15) is 12.1 Å². The molecular weight excluding hydrogens is 512 g/mol. The zero-order valence-corrected chi connectivity index (χ0v) is 22.8. The van der Waals surface area contributed by atoms with Crippen LogP contribution in [0.4, 0.5) is 23.3 Å². The second-order valence-electron chi connectivity index (χ2n) is 10.4. The van der Waals surface area contributed by atoms with Crippen molar-refractivity contribution in [3.05, 3.63) is 48.3 Å². The first-order valence-electron chi connectivity index (χ1n) is 13.6. The standard InChI is InChI=1S/C28H32N8O2S/c1-18-11-26(33-28(30-18)36-17-21-13-22(36)16-35(21)5-8-37)32-25-14-23-24(15-29-25)39-27(31-23)19-3-2-4-20(12-19)34-6-9-38-10-7-34/h2-4,11-12,14-15,21-22,37H,5-10,13,16-17H2,1H3,(H,29,30,32,33)/t21-,22-/m0/s1. The molecular formula is C28H32N8O2S. The molecule has 0 saturated carbocycles. The molecule has 2 N–H and O–H groups in total. The Morgan fingerprint density at radius 3 is 2.77 bits per heavy atom. The number of hydrogen-bond donors (Lipinski definition) is 2. The fourth-order valence-electron chi connectivity index (χ4n) is 5.96. The number of thiazole rings is 1. The van der Waals surface area contributed by atoms with Gasteiger partial charge in [0.1, 0.15) is 16.6 Å². The smallest absolute Gasteiger partial charge is 0.227 e. The fraction of sp³-hybridized carbons (Fsp3) is 0.429. The highest BCUT2D eigenvalue weighted by atomic mass is 32.1. The van der Waals surface area contributed by atoms with Crippen LogP contribution < -0.4 is 15.1 Å². The lowest BCUT2D eigenvalue weighted by Gasteiger charge is -2.34. The highest BCUT2D eigenvalue weighted by Gasteiger charge is 2.44. The minimum absolute atomic E-state index is 0.205. The maximum absolute atomic E-state index is 9.33. The number of ether oxygens (including phenoxy) is 1. The van der Waals surface area contributed by atoms with Crippen LogP contribution in [0.15, 0.2) is 42.6 Å². The number of pyridine rings is 1. The van der Waals surface area contributed by atoms with Crippen LogP contribution in [0, 0.1) is 6.92 Å². The van der Waals surface area contributed by atoms with Gasteiger partial charge in [-0.05, 0) is 25.5 Å². The predicted octanol–water partition coefficient (Wildman–Crippen LogP) is 3.29. The summed E-state index contributed by atoms with van der Waals surface area (Å²) in [7, 11) is 0. The van der Waals surface area contributed by atoms with Gasteiger partial charge in [0.2, 0.25) is 5.95 Å². The third-order valence-corrected chi connectivity index (χ3v) is 8.90. The number of likely N-dealkylation sites (tertiary alicyclic amines) is 1. The van der Waals surface area contributed by atoms with Crippen molar-refractivity contribution < 1.29 is 9.84 Å². The highest BCUT2D eigenvalue weighted by molar-refractivity contribution is 7.21. The lowest BCUT2D eigenvalue weighted by Crippen LogP contribution is -2.47. The molecule has 0 spiro atoms. The molecule has 11 heteroatoms. The summed E-state index contributed by atoms with van der Waals surface area (Å²) in [6, 6.07) is 13.4. The molecule has 0 amide bonds. The van der Waals surface area contributed by atoms with Crippen LogP contribution >= 0.6 is 11.3 Å². The Kier molecular flexibility index (Phi) is 6.51.